The summed E-state index contributed by atoms with van der Waals surface area (Å²) < 4.78 is 0. The van der Waals surface area contributed by atoms with E-state index < -0.39 is 0 Å². The van der Waals surface area contributed by atoms with Gasteiger partial charge in [-0.1, -0.05) is 0 Å². The highest BCUT2D eigenvalue weighted by atomic mass is 32.1. The molecular weight excluding hydrogens is 296 g/mol. The van der Waals surface area contributed by atoms with Crippen LogP contribution in [-0.2, 0) is 0 Å². The van der Waals surface area contributed by atoms with Gasteiger partial charge in [-0.05, 0) is 48.5 Å². The van der Waals surface area contributed by atoms with Crippen LogP contribution in [0.4, 0.5) is 17.2 Å². The molecule has 0 amide bonds. The predicted octanol–water partition coefficient (Wildman–Crippen LogP) is 2.79. The lowest BCUT2D eigenvalue weighted by molar-refractivity contribution is 0.104. The minimum atomic E-state index is -0.156. The van der Waals surface area contributed by atoms with Crippen molar-refractivity contribution in [2.45, 2.75) is 0 Å². The lowest BCUT2D eigenvalue weighted by Crippen LogP contribution is -2.02. The monoisotopic (exact) mass is 310 g/mol. The van der Waals surface area contributed by atoms with E-state index in [9.17, 15) is 4.79 Å². The van der Waals surface area contributed by atoms with Crippen LogP contribution in [0.1, 0.15) is 15.2 Å². The highest BCUT2D eigenvalue weighted by Crippen LogP contribution is 2.31. The van der Waals surface area contributed by atoms with E-state index in [1.165, 1.54) is 11.3 Å². The average Bonchev–Trinajstić information content (AvgIpc) is 2.90. The Morgan fingerprint density at radius 1 is 0.864 bits per heavy atom. The molecule has 6 heteroatoms. The fraction of sp³-hybridized carbons (Fsp3) is 0. The van der Waals surface area contributed by atoms with Crippen molar-refractivity contribution in [3.05, 3.63) is 59.0 Å². The molecule has 2 aromatic carbocycles. The Bertz CT molecular complexity index is 822. The van der Waals surface area contributed by atoms with Gasteiger partial charge in [-0.15, -0.1) is 11.3 Å². The molecule has 1 aromatic heterocycles. The molecule has 1 heterocycles. The Balaban J connectivity index is 1.97. The lowest BCUT2D eigenvalue weighted by Gasteiger charge is -1.99. The van der Waals surface area contributed by atoms with Crippen LogP contribution in [0, 0.1) is 0 Å². The molecule has 0 saturated carbocycles. The first-order chi connectivity index (χ1) is 10.5. The standard InChI is InChI=1S/C16H14N4OS/c17-11-5-1-9(2-6-11)13(21)14-15(19)20-16(22-14)10-3-7-12(18)8-4-10/h1-8H,17-19H2. The van der Waals surface area contributed by atoms with Crippen molar-refractivity contribution in [2.24, 2.45) is 0 Å². The molecule has 0 saturated heterocycles. The summed E-state index contributed by atoms with van der Waals surface area (Å²) in [6.45, 7) is 0. The van der Waals surface area contributed by atoms with E-state index in [0.29, 0.717) is 26.8 Å². The first kappa shape index (κ1) is 14.1. The van der Waals surface area contributed by atoms with E-state index in [2.05, 4.69) is 4.98 Å². The lowest BCUT2D eigenvalue weighted by atomic mass is 10.1. The van der Waals surface area contributed by atoms with Crippen molar-refractivity contribution < 1.29 is 4.79 Å². The third kappa shape index (κ3) is 2.64. The maximum Gasteiger partial charge on any atom is 0.206 e. The quantitative estimate of drug-likeness (QED) is 0.509. The van der Waals surface area contributed by atoms with Gasteiger partial charge in [0.2, 0.25) is 5.78 Å². The maximum absolute atomic E-state index is 12.5. The minimum absolute atomic E-state index is 0.156. The number of ketones is 1. The van der Waals surface area contributed by atoms with Crippen molar-refractivity contribution in [3.63, 3.8) is 0 Å². The maximum atomic E-state index is 12.5. The smallest absolute Gasteiger partial charge is 0.206 e. The number of anilines is 3. The van der Waals surface area contributed by atoms with Gasteiger partial charge in [-0.3, -0.25) is 4.79 Å². The van der Waals surface area contributed by atoms with Crippen molar-refractivity contribution in [1.82, 2.24) is 4.98 Å². The molecule has 110 valence electrons. The highest BCUT2D eigenvalue weighted by molar-refractivity contribution is 7.17. The molecule has 0 spiro atoms. The SMILES string of the molecule is Nc1ccc(C(=O)c2sc(-c3ccc(N)cc3)nc2N)cc1. The van der Waals surface area contributed by atoms with Gasteiger partial charge in [0.25, 0.3) is 0 Å². The second-order valence-corrected chi connectivity index (χ2v) is 5.81. The average molecular weight is 310 g/mol. The molecule has 0 aliphatic rings. The summed E-state index contributed by atoms with van der Waals surface area (Å²) in [5.74, 6) is 0.0790. The summed E-state index contributed by atoms with van der Waals surface area (Å²) in [5, 5.41) is 0.691. The number of carbonyl (C=O) groups is 1. The topological polar surface area (TPSA) is 108 Å². The van der Waals surface area contributed by atoms with Gasteiger partial charge in [-0.25, -0.2) is 4.98 Å². The predicted molar refractivity (Wildman–Crippen MR) is 90.7 cm³/mol. The highest BCUT2D eigenvalue weighted by Gasteiger charge is 2.18. The third-order valence-corrected chi connectivity index (χ3v) is 4.31. The molecule has 0 aliphatic carbocycles. The third-order valence-electron chi connectivity index (χ3n) is 3.19. The fourth-order valence-electron chi connectivity index (χ4n) is 2.01. The van der Waals surface area contributed by atoms with Crippen molar-refractivity contribution in [3.8, 4) is 10.6 Å². The minimum Gasteiger partial charge on any atom is -0.399 e. The number of rotatable bonds is 3. The van der Waals surface area contributed by atoms with Crippen molar-refractivity contribution in [1.29, 1.82) is 0 Å². The van der Waals surface area contributed by atoms with Crippen LogP contribution in [0.5, 0.6) is 0 Å². The molecule has 0 bridgehead atoms. The van der Waals surface area contributed by atoms with Crippen LogP contribution < -0.4 is 17.2 Å². The molecule has 22 heavy (non-hydrogen) atoms. The van der Waals surface area contributed by atoms with E-state index in [0.717, 1.165) is 5.56 Å². The molecule has 6 N–H and O–H groups in total. The van der Waals surface area contributed by atoms with Crippen LogP contribution in [0.3, 0.4) is 0 Å². The Labute approximate surface area is 131 Å². The Morgan fingerprint density at radius 3 is 2.00 bits per heavy atom. The first-order valence-electron chi connectivity index (χ1n) is 6.57. The van der Waals surface area contributed by atoms with Gasteiger partial charge in [0.05, 0.1) is 0 Å². The van der Waals surface area contributed by atoms with Crippen LogP contribution in [0.15, 0.2) is 48.5 Å². The number of benzene rings is 2. The summed E-state index contributed by atoms with van der Waals surface area (Å²) in [4.78, 5) is 17.2. The van der Waals surface area contributed by atoms with Gasteiger partial charge >= 0.3 is 0 Å². The zero-order valence-electron chi connectivity index (χ0n) is 11.6. The fourth-order valence-corrected chi connectivity index (χ4v) is 2.96. The number of nitrogen functional groups attached to an aromatic ring is 3. The second kappa shape index (κ2) is 5.50. The molecule has 5 nitrogen and oxygen atoms in total. The Hall–Kier alpha value is -2.86. The zero-order chi connectivity index (χ0) is 15.7. The molecule has 0 fully saturated rings. The molecule has 3 aromatic rings. The number of thiazole rings is 1. The summed E-state index contributed by atoms with van der Waals surface area (Å²) in [5.41, 5.74) is 19.9. The summed E-state index contributed by atoms with van der Waals surface area (Å²) in [7, 11) is 0. The van der Waals surface area contributed by atoms with E-state index in [4.69, 9.17) is 17.2 Å². The number of hydrogen-bond donors (Lipinski definition) is 3. The van der Waals surface area contributed by atoms with Crippen LogP contribution in [-0.4, -0.2) is 10.8 Å². The zero-order valence-corrected chi connectivity index (χ0v) is 12.4. The first-order valence-corrected chi connectivity index (χ1v) is 7.38. The van der Waals surface area contributed by atoms with Crippen LogP contribution in [0.25, 0.3) is 10.6 Å². The summed E-state index contributed by atoms with van der Waals surface area (Å²) >= 11 is 1.27. The van der Waals surface area contributed by atoms with Gasteiger partial charge in [0.15, 0.2) is 0 Å². The number of nitrogens with two attached hydrogens (primary N) is 3. The van der Waals surface area contributed by atoms with E-state index >= 15 is 0 Å². The molecule has 0 atom stereocenters. The van der Waals surface area contributed by atoms with Crippen LogP contribution in [0.2, 0.25) is 0 Å². The van der Waals surface area contributed by atoms with E-state index in [1.54, 1.807) is 36.4 Å². The normalized spacial score (nSPS) is 10.5. The van der Waals surface area contributed by atoms with E-state index in [1.807, 2.05) is 12.1 Å². The van der Waals surface area contributed by atoms with Gasteiger partial charge in [0.1, 0.15) is 15.7 Å². The molecule has 3 rings (SSSR count). The largest absolute Gasteiger partial charge is 0.399 e. The van der Waals surface area contributed by atoms with Crippen molar-refractivity contribution in [2.75, 3.05) is 17.2 Å². The number of carbonyl (C=O) groups excluding carboxylic acids is 1. The van der Waals surface area contributed by atoms with Crippen LogP contribution >= 0.6 is 11.3 Å². The van der Waals surface area contributed by atoms with Gasteiger partial charge in [-0.2, -0.15) is 0 Å². The molecule has 0 unspecified atom stereocenters. The number of hydrogen-bond acceptors (Lipinski definition) is 6. The number of nitrogens with zero attached hydrogens (tertiary/aromatic N) is 1. The summed E-state index contributed by atoms with van der Waals surface area (Å²) in [6.07, 6.45) is 0. The van der Waals surface area contributed by atoms with Gasteiger partial charge in [0, 0.05) is 22.5 Å². The molecule has 0 radical (unpaired) electrons. The Morgan fingerprint density at radius 2 is 1.41 bits per heavy atom. The van der Waals surface area contributed by atoms with Crippen molar-refractivity contribution >= 4 is 34.3 Å². The molecule has 0 aliphatic heterocycles. The molecular formula is C16H14N4OS. The summed E-state index contributed by atoms with van der Waals surface area (Å²) in [6, 6.07) is 14.0. The van der Waals surface area contributed by atoms with E-state index in [-0.39, 0.29) is 11.6 Å². The number of aromatic nitrogens is 1. The second-order valence-electron chi connectivity index (χ2n) is 4.81. The Kier molecular flexibility index (Phi) is 3.52. The van der Waals surface area contributed by atoms with Gasteiger partial charge < -0.3 is 17.2 Å².